The van der Waals surface area contributed by atoms with Crippen molar-refractivity contribution in [1.29, 1.82) is 0 Å². The second-order valence-electron chi connectivity index (χ2n) is 0. The van der Waals surface area contributed by atoms with Crippen LogP contribution in [0.4, 0.5) is 0 Å². The predicted molar refractivity (Wildman–Crippen MR) is 30.7 cm³/mol. The maximum Gasteiger partial charge on any atom is 0.0973 e. The summed E-state index contributed by atoms with van der Waals surface area (Å²) >= 11 is 0. The Bertz CT molecular complexity index is 8.75. The Morgan fingerprint density at radius 1 is 0.833 bits per heavy atom. The number of aliphatic hydroxyl groups excluding tert-OH is 2. The molecule has 3 heteroatoms. The van der Waals surface area contributed by atoms with Gasteiger partial charge < -0.3 is 10.2 Å². The average molecular weight is 91.9 g/mol. The van der Waals surface area contributed by atoms with Crippen LogP contribution in [0.1, 0.15) is 0 Å². The number of rotatable bonds is 0. The Morgan fingerprint density at radius 2 is 0.833 bits per heavy atom. The van der Waals surface area contributed by atoms with E-state index < -0.39 is 0 Å². The average Bonchev–Trinajstić information content (AvgIpc) is 1.81. The fraction of sp³-hybridized carbons (Fsp3) is 1.00. The smallest absolute Gasteiger partial charge is 0.0973 e. The highest BCUT2D eigenvalue weighted by Gasteiger charge is 1.01. The van der Waals surface area contributed by atoms with Gasteiger partial charge in [-0.05, 0) is 0 Å². The van der Waals surface area contributed by atoms with Gasteiger partial charge in [-0.15, -0.1) is 0 Å². The van der Waals surface area contributed by atoms with Crippen molar-refractivity contribution in [2.75, 3.05) is 14.2 Å². The Labute approximate surface area is 40.2 Å². The Morgan fingerprint density at radius 3 is 0.833 bits per heavy atom. The molecular weight excluding hydrogens is 78.8 g/mol. The van der Waals surface area contributed by atoms with Crippen LogP contribution < -0.4 is 0 Å². The zero-order valence-corrected chi connectivity index (χ0v) is 4.89. The zero-order valence-electron chi connectivity index (χ0n) is 4.89. The van der Waals surface area contributed by atoms with Crippen LogP contribution in [-0.2, 0) is 0 Å². The first-order valence-electron chi connectivity index (χ1n) is 1.89. The second-order valence-corrected chi connectivity index (χ2v) is 0. The minimum atomic E-state index is 1.00. The predicted octanol–water partition coefficient (Wildman–Crippen LogP) is -1.12. The van der Waals surface area contributed by atoms with Crippen molar-refractivity contribution in [2.24, 2.45) is 0 Å². The third-order valence-electron chi connectivity index (χ3n) is 0. The van der Waals surface area contributed by atoms with Crippen molar-refractivity contribution in [3.05, 3.63) is 0 Å². The second kappa shape index (κ2) is 349000. The summed E-state index contributed by atoms with van der Waals surface area (Å²) in [7, 11) is 4.00. The number of hydrogen-bond donors (Lipinski definition) is 2. The van der Waals surface area contributed by atoms with Crippen molar-refractivity contribution in [1.82, 2.24) is 0 Å². The summed E-state index contributed by atoms with van der Waals surface area (Å²) in [5.74, 6) is 0. The number of aliphatic hydroxyl groups is 2. The molecule has 0 atom stereocenters. The molecule has 0 bridgehead atoms. The Hall–Kier alpha value is -0.0151. The van der Waals surface area contributed by atoms with Crippen molar-refractivity contribution < 1.29 is 10.2 Å². The first-order chi connectivity index (χ1) is 3.00. The van der Waals surface area contributed by atoms with Gasteiger partial charge in [0.1, 0.15) is 0 Å². The van der Waals surface area contributed by atoms with E-state index >= 15 is 0 Å². The maximum atomic E-state index is 7.00. The third-order valence-corrected chi connectivity index (χ3v) is 0. The molecular formula is C3H13BO2. The van der Waals surface area contributed by atoms with Gasteiger partial charge in [-0.3, -0.25) is 0 Å². The molecule has 2 N–H and O–H groups in total. The van der Waals surface area contributed by atoms with Crippen molar-refractivity contribution in [3.8, 4) is 0 Å². The summed E-state index contributed by atoms with van der Waals surface area (Å²) in [5, 5.41) is 14.0. The van der Waals surface area contributed by atoms with Gasteiger partial charge in [0.25, 0.3) is 0 Å². The molecule has 0 saturated heterocycles. The highest BCUT2D eigenvalue weighted by molar-refractivity contribution is 6.05. The first-order valence-corrected chi connectivity index (χ1v) is 1.89. The van der Waals surface area contributed by atoms with Gasteiger partial charge in [0.15, 0.2) is 0 Å². The molecule has 2 nitrogen and oxygen atoms in total. The lowest BCUT2D eigenvalue weighted by Gasteiger charge is -1.21. The molecule has 0 rings (SSSR count). The molecule has 0 spiro atoms. The molecule has 0 aliphatic heterocycles. The molecule has 0 unspecified atom stereocenters. The third kappa shape index (κ3) is 156000. The van der Waals surface area contributed by atoms with Crippen LogP contribution >= 0.6 is 0 Å². The summed E-state index contributed by atoms with van der Waals surface area (Å²) < 4.78 is 0. The summed E-state index contributed by atoms with van der Waals surface area (Å²) in [6.07, 6.45) is 0. The fourth-order valence-corrected chi connectivity index (χ4v) is 0. The van der Waals surface area contributed by atoms with Gasteiger partial charge in [-0.1, -0.05) is 6.82 Å². The van der Waals surface area contributed by atoms with Crippen LogP contribution in [-0.4, -0.2) is 32.3 Å². The molecule has 0 fully saturated rings. The van der Waals surface area contributed by atoms with E-state index in [0.29, 0.717) is 0 Å². The molecule has 0 aromatic heterocycles. The molecule has 0 radical (unpaired) electrons. The molecule has 0 aliphatic carbocycles. The van der Waals surface area contributed by atoms with Gasteiger partial charge in [0.05, 0.1) is 7.85 Å². The van der Waals surface area contributed by atoms with E-state index in [4.69, 9.17) is 10.2 Å². The van der Waals surface area contributed by atoms with Crippen LogP contribution in [0, 0.1) is 0 Å². The lowest BCUT2D eigenvalue weighted by molar-refractivity contribution is 0.399. The van der Waals surface area contributed by atoms with Crippen LogP contribution in [0.5, 0.6) is 0 Å². The van der Waals surface area contributed by atoms with Crippen LogP contribution in [0.15, 0.2) is 0 Å². The normalized spacial score (nSPS) is 2.83. The van der Waals surface area contributed by atoms with E-state index in [9.17, 15) is 0 Å². The largest absolute Gasteiger partial charge is 0.400 e. The van der Waals surface area contributed by atoms with Crippen LogP contribution in [0.3, 0.4) is 0 Å². The number of hydrogen-bond acceptors (Lipinski definition) is 2. The van der Waals surface area contributed by atoms with E-state index in [1.54, 1.807) is 0 Å². The minimum absolute atomic E-state index is 1.00. The highest BCUT2D eigenvalue weighted by atomic mass is 16.2. The lowest BCUT2D eigenvalue weighted by atomic mass is 10.2. The van der Waals surface area contributed by atoms with E-state index in [0.717, 1.165) is 14.2 Å². The Balaban J connectivity index is -0.0000000225. The molecule has 40 valence electrons. The Kier molecular flexibility index (Phi) is 970000. The molecule has 0 aromatic rings. The topological polar surface area (TPSA) is 40.5 Å². The quantitative estimate of drug-likeness (QED) is 0.372. The van der Waals surface area contributed by atoms with Gasteiger partial charge in [0, 0.05) is 14.2 Å². The summed E-state index contributed by atoms with van der Waals surface area (Å²) in [5.41, 5.74) is 0. The molecule has 6 heavy (non-hydrogen) atoms. The van der Waals surface area contributed by atoms with Gasteiger partial charge in [0.2, 0.25) is 0 Å². The fourth-order valence-electron chi connectivity index (χ4n) is 0. The maximum absolute atomic E-state index is 7.00. The highest BCUT2D eigenvalue weighted by Crippen LogP contribution is 0.960. The van der Waals surface area contributed by atoms with Gasteiger partial charge >= 0.3 is 0 Å². The minimum Gasteiger partial charge on any atom is -0.400 e. The molecule has 0 amide bonds. The molecule has 0 aliphatic rings. The summed E-state index contributed by atoms with van der Waals surface area (Å²) in [6, 6.07) is 0. The van der Waals surface area contributed by atoms with Gasteiger partial charge in [-0.2, -0.15) is 0 Å². The molecule has 0 heterocycles. The summed E-state index contributed by atoms with van der Waals surface area (Å²) in [6.45, 7) is 2.00. The SMILES string of the molecule is BC.CO.CO. The van der Waals surface area contributed by atoms with E-state index in [-0.39, 0.29) is 0 Å². The zero-order chi connectivity index (χ0) is 6.00. The van der Waals surface area contributed by atoms with Crippen LogP contribution in [0.25, 0.3) is 0 Å². The standard InChI is InChI=1S/CH5B.2CH4O/c3*1-2/h2H2,1H3;2*2H,1H3. The van der Waals surface area contributed by atoms with E-state index in [1.165, 1.54) is 0 Å². The van der Waals surface area contributed by atoms with Crippen molar-refractivity contribution >= 4 is 7.85 Å². The van der Waals surface area contributed by atoms with E-state index in [2.05, 4.69) is 0 Å². The molecule has 0 aromatic carbocycles. The van der Waals surface area contributed by atoms with Crippen LogP contribution in [0.2, 0.25) is 6.82 Å². The summed E-state index contributed by atoms with van der Waals surface area (Å²) in [4.78, 5) is 0. The van der Waals surface area contributed by atoms with Crippen molar-refractivity contribution in [2.45, 2.75) is 6.82 Å². The van der Waals surface area contributed by atoms with E-state index in [1.807, 2.05) is 14.7 Å². The monoisotopic (exact) mass is 92.1 g/mol. The van der Waals surface area contributed by atoms with Gasteiger partial charge in [-0.25, -0.2) is 0 Å². The van der Waals surface area contributed by atoms with Crippen molar-refractivity contribution in [3.63, 3.8) is 0 Å². The lowest BCUT2D eigenvalue weighted by Crippen LogP contribution is -1.25. The molecule has 0 saturated carbocycles. The first kappa shape index (κ1) is 16.7.